The molecule has 0 spiro atoms. The Kier molecular flexibility index (Phi) is 4.58. The summed E-state index contributed by atoms with van der Waals surface area (Å²) in [5.74, 6) is 5.44. The zero-order valence-electron chi connectivity index (χ0n) is 11.5. The number of anilines is 1. The second-order valence-corrected chi connectivity index (χ2v) is 5.94. The van der Waals surface area contributed by atoms with Gasteiger partial charge in [-0.2, -0.15) is 0 Å². The molecule has 0 aliphatic rings. The summed E-state index contributed by atoms with van der Waals surface area (Å²) in [4.78, 5) is 4.15. The quantitative estimate of drug-likeness (QED) is 0.841. The first-order chi connectivity index (χ1) is 10.0. The monoisotopic (exact) mass is 301 g/mol. The minimum atomic E-state index is -3.71. The highest BCUT2D eigenvalue weighted by Crippen LogP contribution is 2.19. The molecule has 0 aliphatic heterocycles. The molecule has 2 rings (SSSR count). The maximum absolute atomic E-state index is 12.5. The molecule has 0 fully saturated rings. The summed E-state index contributed by atoms with van der Waals surface area (Å²) in [6.45, 7) is 1.96. The molecule has 2 aromatic rings. The van der Waals surface area contributed by atoms with Crippen molar-refractivity contribution in [1.29, 1.82) is 0 Å². The highest BCUT2D eigenvalue weighted by Gasteiger charge is 2.17. The first kappa shape index (κ1) is 15.0. The summed E-state index contributed by atoms with van der Waals surface area (Å²) in [7, 11) is -3.71. The van der Waals surface area contributed by atoms with Crippen molar-refractivity contribution in [2.45, 2.75) is 11.8 Å². The van der Waals surface area contributed by atoms with Crippen LogP contribution >= 0.6 is 0 Å². The Hall–Kier alpha value is -2.36. The van der Waals surface area contributed by atoms with Gasteiger partial charge >= 0.3 is 0 Å². The van der Waals surface area contributed by atoms with E-state index in [1.807, 2.05) is 0 Å². The van der Waals surface area contributed by atoms with E-state index in [1.165, 1.54) is 6.07 Å². The lowest BCUT2D eigenvalue weighted by atomic mass is 10.2. The predicted octanol–water partition coefficient (Wildman–Crippen LogP) is 1.50. The standard InChI is InChI=1S/C15H15N3O2S/c1-12-11-14(8-10-17-12)18-21(19,20)15-7-3-2-5-13(15)6-4-9-16/h2-3,5,7-8,10-11H,9,16H2,1H3,(H,17,18). The number of pyridine rings is 1. The molecule has 0 atom stereocenters. The van der Waals surface area contributed by atoms with Crippen molar-refractivity contribution in [3.05, 3.63) is 53.9 Å². The number of hydrogen-bond donors (Lipinski definition) is 2. The number of sulfonamides is 1. The summed E-state index contributed by atoms with van der Waals surface area (Å²) in [6, 6.07) is 9.80. The number of nitrogens with zero attached hydrogens (tertiary/aromatic N) is 1. The van der Waals surface area contributed by atoms with E-state index in [-0.39, 0.29) is 11.4 Å². The Morgan fingerprint density at radius 2 is 2.05 bits per heavy atom. The third-order valence-electron chi connectivity index (χ3n) is 2.65. The highest BCUT2D eigenvalue weighted by molar-refractivity contribution is 7.92. The van der Waals surface area contributed by atoms with Gasteiger partial charge in [-0.3, -0.25) is 9.71 Å². The van der Waals surface area contributed by atoms with Crippen LogP contribution in [0.2, 0.25) is 0 Å². The van der Waals surface area contributed by atoms with Crippen molar-refractivity contribution < 1.29 is 8.42 Å². The normalized spacial score (nSPS) is 10.6. The Bertz CT molecular complexity index is 805. The predicted molar refractivity (Wildman–Crippen MR) is 82.2 cm³/mol. The van der Waals surface area contributed by atoms with Crippen LogP contribution in [0.1, 0.15) is 11.3 Å². The van der Waals surface area contributed by atoms with Gasteiger partial charge in [0.25, 0.3) is 10.0 Å². The highest BCUT2D eigenvalue weighted by atomic mass is 32.2. The lowest BCUT2D eigenvalue weighted by Gasteiger charge is -2.10. The Morgan fingerprint density at radius 1 is 1.29 bits per heavy atom. The molecule has 21 heavy (non-hydrogen) atoms. The molecule has 1 heterocycles. The number of nitrogens with two attached hydrogens (primary N) is 1. The smallest absolute Gasteiger partial charge is 0.263 e. The third-order valence-corrected chi connectivity index (χ3v) is 4.09. The second kappa shape index (κ2) is 6.39. The minimum Gasteiger partial charge on any atom is -0.320 e. The van der Waals surface area contributed by atoms with Crippen molar-refractivity contribution in [3.63, 3.8) is 0 Å². The Morgan fingerprint density at radius 3 is 2.76 bits per heavy atom. The first-order valence-corrected chi connectivity index (χ1v) is 7.75. The third kappa shape index (κ3) is 3.81. The molecule has 3 N–H and O–H groups in total. The lowest BCUT2D eigenvalue weighted by molar-refractivity contribution is 0.601. The molecule has 1 aromatic carbocycles. The van der Waals surface area contributed by atoms with E-state index in [0.717, 1.165) is 5.69 Å². The van der Waals surface area contributed by atoms with Gasteiger partial charge < -0.3 is 5.73 Å². The van der Waals surface area contributed by atoms with Gasteiger partial charge in [-0.15, -0.1) is 0 Å². The van der Waals surface area contributed by atoms with Crippen LogP contribution in [0.5, 0.6) is 0 Å². The summed E-state index contributed by atoms with van der Waals surface area (Å²) >= 11 is 0. The van der Waals surface area contributed by atoms with Crippen molar-refractivity contribution >= 4 is 15.7 Å². The number of nitrogens with one attached hydrogen (secondary N) is 1. The van der Waals surface area contributed by atoms with Crippen LogP contribution < -0.4 is 10.5 Å². The van der Waals surface area contributed by atoms with E-state index in [1.54, 1.807) is 43.5 Å². The topological polar surface area (TPSA) is 85.1 Å². The molecule has 6 heteroatoms. The maximum atomic E-state index is 12.5. The average Bonchev–Trinajstić information content (AvgIpc) is 2.45. The van der Waals surface area contributed by atoms with Gasteiger partial charge in [0.2, 0.25) is 0 Å². The molecule has 0 bridgehead atoms. The zero-order valence-corrected chi connectivity index (χ0v) is 12.3. The average molecular weight is 301 g/mol. The van der Waals surface area contributed by atoms with Gasteiger partial charge in [-0.05, 0) is 31.2 Å². The number of aromatic nitrogens is 1. The molecule has 5 nitrogen and oxygen atoms in total. The number of aryl methyl sites for hydroxylation is 1. The molecule has 0 amide bonds. The molecule has 0 unspecified atom stereocenters. The van der Waals surface area contributed by atoms with Crippen molar-refractivity contribution in [3.8, 4) is 11.8 Å². The van der Waals surface area contributed by atoms with Gasteiger partial charge in [0.15, 0.2) is 0 Å². The number of hydrogen-bond acceptors (Lipinski definition) is 4. The van der Waals surface area contributed by atoms with Gasteiger partial charge in [-0.25, -0.2) is 8.42 Å². The van der Waals surface area contributed by atoms with E-state index < -0.39 is 10.0 Å². The van der Waals surface area contributed by atoms with Crippen LogP contribution in [0.25, 0.3) is 0 Å². The summed E-state index contributed by atoms with van der Waals surface area (Å²) in [6.07, 6.45) is 1.55. The Labute approximate surface area is 124 Å². The van der Waals surface area contributed by atoms with Gasteiger partial charge in [0.05, 0.1) is 12.2 Å². The van der Waals surface area contributed by atoms with Gasteiger partial charge in [-0.1, -0.05) is 24.0 Å². The lowest BCUT2D eigenvalue weighted by Crippen LogP contribution is -2.14. The molecule has 0 aliphatic carbocycles. The van der Waals surface area contributed by atoms with Crippen LogP contribution in [-0.4, -0.2) is 19.9 Å². The molecular weight excluding hydrogens is 286 g/mol. The molecule has 1 aromatic heterocycles. The molecule has 0 saturated carbocycles. The minimum absolute atomic E-state index is 0.125. The molecule has 0 saturated heterocycles. The van der Waals surface area contributed by atoms with E-state index in [0.29, 0.717) is 11.3 Å². The first-order valence-electron chi connectivity index (χ1n) is 6.26. The van der Waals surface area contributed by atoms with Gasteiger partial charge in [0, 0.05) is 17.5 Å². The fourth-order valence-corrected chi connectivity index (χ4v) is 2.98. The van der Waals surface area contributed by atoms with Crippen molar-refractivity contribution in [2.75, 3.05) is 11.3 Å². The van der Waals surface area contributed by atoms with Gasteiger partial charge in [0.1, 0.15) is 4.90 Å². The van der Waals surface area contributed by atoms with Crippen molar-refractivity contribution in [2.24, 2.45) is 5.73 Å². The van der Waals surface area contributed by atoms with Crippen molar-refractivity contribution in [1.82, 2.24) is 4.98 Å². The van der Waals surface area contributed by atoms with E-state index in [9.17, 15) is 8.42 Å². The summed E-state index contributed by atoms with van der Waals surface area (Å²) < 4.78 is 27.5. The van der Waals surface area contributed by atoms with E-state index in [2.05, 4.69) is 21.5 Å². The van der Waals surface area contributed by atoms with Crippen LogP contribution in [0.15, 0.2) is 47.5 Å². The zero-order chi connectivity index (χ0) is 15.3. The number of rotatable bonds is 3. The van der Waals surface area contributed by atoms with Crippen LogP contribution in [0.4, 0.5) is 5.69 Å². The second-order valence-electron chi connectivity index (χ2n) is 4.29. The van der Waals surface area contributed by atoms with Crippen LogP contribution in [0, 0.1) is 18.8 Å². The largest absolute Gasteiger partial charge is 0.320 e. The fraction of sp³-hybridized carbons (Fsp3) is 0.133. The summed E-state index contributed by atoms with van der Waals surface area (Å²) in [5.41, 5.74) is 6.94. The number of benzene rings is 1. The van der Waals surface area contributed by atoms with E-state index >= 15 is 0 Å². The molecular formula is C15H15N3O2S. The van der Waals surface area contributed by atoms with Crippen LogP contribution in [0.3, 0.4) is 0 Å². The summed E-state index contributed by atoms with van der Waals surface area (Å²) in [5, 5.41) is 0. The van der Waals surface area contributed by atoms with E-state index in [4.69, 9.17) is 5.73 Å². The van der Waals surface area contributed by atoms with Crippen LogP contribution in [-0.2, 0) is 10.0 Å². The SMILES string of the molecule is Cc1cc(NS(=O)(=O)c2ccccc2C#CCN)ccn1. The molecule has 0 radical (unpaired) electrons. The fourth-order valence-electron chi connectivity index (χ4n) is 1.77. The molecule has 108 valence electrons. The maximum Gasteiger partial charge on any atom is 0.263 e. The Balaban J connectivity index is 2.40.